The molecule has 1 saturated heterocycles. The van der Waals surface area contributed by atoms with E-state index in [1.165, 1.54) is 25.7 Å². The fourth-order valence-electron chi connectivity index (χ4n) is 3.91. The van der Waals surface area contributed by atoms with Gasteiger partial charge in [-0.25, -0.2) is 5.01 Å². The zero-order valence-corrected chi connectivity index (χ0v) is 14.6. The Morgan fingerprint density at radius 3 is 2.10 bits per heavy atom. The number of rotatable bonds is 4. The van der Waals surface area contributed by atoms with Gasteiger partial charge in [0.15, 0.2) is 0 Å². The third-order valence-electron chi connectivity index (χ3n) is 5.67. The standard InChI is InChI=1S/C17H36N4/c1-17(2,3)15-7-5-14(6-8-15)16(13-18)19-21-11-9-20(4)10-12-21/h14-16,19H,5-13,18H2,1-4H3. The number of hydrazine groups is 1. The Kier molecular flexibility index (Phi) is 6.06. The quantitative estimate of drug-likeness (QED) is 0.832. The maximum Gasteiger partial charge on any atom is 0.0366 e. The Labute approximate surface area is 131 Å². The molecular weight excluding hydrogens is 260 g/mol. The molecular formula is C17H36N4. The molecule has 0 bridgehead atoms. The van der Waals surface area contributed by atoms with E-state index in [0.29, 0.717) is 11.5 Å². The van der Waals surface area contributed by atoms with Gasteiger partial charge >= 0.3 is 0 Å². The minimum atomic E-state index is 0.466. The Bertz CT molecular complexity index is 296. The largest absolute Gasteiger partial charge is 0.329 e. The van der Waals surface area contributed by atoms with Gasteiger partial charge in [0.1, 0.15) is 0 Å². The van der Waals surface area contributed by atoms with Gasteiger partial charge in [-0.05, 0) is 50.0 Å². The Balaban J connectivity index is 1.80. The molecule has 1 heterocycles. The lowest BCUT2D eigenvalue weighted by molar-refractivity contribution is 0.0576. The zero-order chi connectivity index (χ0) is 15.5. The van der Waals surface area contributed by atoms with Gasteiger partial charge in [0, 0.05) is 38.8 Å². The van der Waals surface area contributed by atoms with Crippen molar-refractivity contribution in [1.29, 1.82) is 0 Å². The first-order chi connectivity index (χ1) is 9.90. The molecule has 0 amide bonds. The van der Waals surface area contributed by atoms with Gasteiger partial charge in [-0.1, -0.05) is 20.8 Å². The van der Waals surface area contributed by atoms with Gasteiger partial charge in [-0.15, -0.1) is 0 Å². The number of likely N-dealkylation sites (N-methyl/N-ethyl adjacent to an activating group) is 1. The molecule has 1 saturated carbocycles. The molecule has 4 nitrogen and oxygen atoms in total. The van der Waals surface area contributed by atoms with Gasteiger partial charge < -0.3 is 10.6 Å². The van der Waals surface area contributed by atoms with Crippen LogP contribution in [0.4, 0.5) is 0 Å². The summed E-state index contributed by atoms with van der Waals surface area (Å²) in [7, 11) is 2.20. The van der Waals surface area contributed by atoms with Crippen molar-refractivity contribution in [2.75, 3.05) is 39.8 Å². The third kappa shape index (κ3) is 4.92. The van der Waals surface area contributed by atoms with E-state index >= 15 is 0 Å². The van der Waals surface area contributed by atoms with Crippen LogP contribution >= 0.6 is 0 Å². The van der Waals surface area contributed by atoms with Gasteiger partial charge in [-0.2, -0.15) is 0 Å². The predicted octanol–water partition coefficient (Wildman–Crippen LogP) is 1.92. The summed E-state index contributed by atoms with van der Waals surface area (Å²) in [5, 5.41) is 2.40. The number of nitrogens with two attached hydrogens (primary N) is 1. The molecule has 0 aromatic carbocycles. The van der Waals surface area contributed by atoms with Crippen LogP contribution in [0.25, 0.3) is 0 Å². The lowest BCUT2D eigenvalue weighted by Crippen LogP contribution is -2.57. The van der Waals surface area contributed by atoms with Crippen LogP contribution in [0.1, 0.15) is 46.5 Å². The van der Waals surface area contributed by atoms with E-state index in [4.69, 9.17) is 5.73 Å². The summed E-state index contributed by atoms with van der Waals surface area (Å²) in [6.07, 6.45) is 5.42. The topological polar surface area (TPSA) is 44.5 Å². The molecule has 0 spiro atoms. The van der Waals surface area contributed by atoms with E-state index in [2.05, 4.69) is 43.2 Å². The van der Waals surface area contributed by atoms with E-state index in [1.807, 2.05) is 0 Å². The number of hydrogen-bond donors (Lipinski definition) is 2. The molecule has 0 aromatic rings. The molecule has 21 heavy (non-hydrogen) atoms. The fourth-order valence-corrected chi connectivity index (χ4v) is 3.91. The minimum absolute atomic E-state index is 0.466. The molecule has 1 atom stereocenters. The number of hydrogen-bond acceptors (Lipinski definition) is 4. The average molecular weight is 297 g/mol. The number of nitrogens with one attached hydrogen (secondary N) is 1. The van der Waals surface area contributed by atoms with Crippen molar-refractivity contribution in [3.63, 3.8) is 0 Å². The zero-order valence-electron chi connectivity index (χ0n) is 14.6. The molecule has 4 heteroatoms. The first kappa shape index (κ1) is 17.2. The Morgan fingerprint density at radius 1 is 1.05 bits per heavy atom. The van der Waals surface area contributed by atoms with Crippen LogP contribution in [-0.2, 0) is 0 Å². The highest BCUT2D eigenvalue weighted by atomic mass is 15.5. The highest BCUT2D eigenvalue weighted by Crippen LogP contribution is 2.40. The highest BCUT2D eigenvalue weighted by molar-refractivity contribution is 4.86. The normalized spacial score (nSPS) is 31.3. The van der Waals surface area contributed by atoms with E-state index < -0.39 is 0 Å². The van der Waals surface area contributed by atoms with Crippen molar-refractivity contribution < 1.29 is 0 Å². The SMILES string of the molecule is CN1CCN(NC(CN)C2CCC(C(C)(C)C)CC2)CC1. The third-order valence-corrected chi connectivity index (χ3v) is 5.67. The second-order valence-electron chi connectivity index (χ2n) is 8.24. The van der Waals surface area contributed by atoms with Crippen LogP contribution < -0.4 is 11.2 Å². The summed E-state index contributed by atoms with van der Waals surface area (Å²) in [5.41, 5.74) is 10.3. The molecule has 1 aliphatic carbocycles. The smallest absolute Gasteiger partial charge is 0.0366 e. The van der Waals surface area contributed by atoms with Crippen molar-refractivity contribution in [1.82, 2.24) is 15.3 Å². The molecule has 0 aromatic heterocycles. The second-order valence-corrected chi connectivity index (χ2v) is 8.24. The van der Waals surface area contributed by atoms with Crippen molar-refractivity contribution in [3.8, 4) is 0 Å². The molecule has 0 radical (unpaired) electrons. The van der Waals surface area contributed by atoms with Crippen LogP contribution in [0.5, 0.6) is 0 Å². The Hall–Kier alpha value is -0.160. The molecule has 2 fully saturated rings. The van der Waals surface area contributed by atoms with Gasteiger partial charge in [0.2, 0.25) is 0 Å². The van der Waals surface area contributed by atoms with E-state index in [0.717, 1.165) is 44.6 Å². The summed E-state index contributed by atoms with van der Waals surface area (Å²) in [5.74, 6) is 1.64. The monoisotopic (exact) mass is 296 g/mol. The molecule has 2 aliphatic rings. The lowest BCUT2D eigenvalue weighted by atomic mass is 9.68. The summed E-state index contributed by atoms with van der Waals surface area (Å²) in [6, 6.07) is 0.467. The van der Waals surface area contributed by atoms with Crippen molar-refractivity contribution in [2.24, 2.45) is 23.0 Å². The number of nitrogens with zero attached hydrogens (tertiary/aromatic N) is 2. The van der Waals surface area contributed by atoms with Crippen molar-refractivity contribution >= 4 is 0 Å². The lowest BCUT2D eigenvalue weighted by Gasteiger charge is -2.42. The molecule has 3 N–H and O–H groups in total. The summed E-state index contributed by atoms with van der Waals surface area (Å²) < 4.78 is 0. The first-order valence-electron chi connectivity index (χ1n) is 8.80. The summed E-state index contributed by atoms with van der Waals surface area (Å²) in [4.78, 5) is 2.39. The summed E-state index contributed by atoms with van der Waals surface area (Å²) in [6.45, 7) is 12.5. The maximum atomic E-state index is 6.07. The fraction of sp³-hybridized carbons (Fsp3) is 1.00. The van der Waals surface area contributed by atoms with E-state index in [9.17, 15) is 0 Å². The van der Waals surface area contributed by atoms with Crippen molar-refractivity contribution in [3.05, 3.63) is 0 Å². The Morgan fingerprint density at radius 2 is 1.62 bits per heavy atom. The van der Waals surface area contributed by atoms with E-state index in [1.54, 1.807) is 0 Å². The predicted molar refractivity (Wildman–Crippen MR) is 90.0 cm³/mol. The number of piperazine rings is 1. The molecule has 124 valence electrons. The second kappa shape index (κ2) is 7.40. The minimum Gasteiger partial charge on any atom is -0.329 e. The molecule has 1 unspecified atom stereocenters. The van der Waals surface area contributed by atoms with Crippen LogP contribution in [-0.4, -0.2) is 55.7 Å². The van der Waals surface area contributed by atoms with E-state index in [-0.39, 0.29) is 0 Å². The van der Waals surface area contributed by atoms with Gasteiger partial charge in [0.05, 0.1) is 0 Å². The van der Waals surface area contributed by atoms with Gasteiger partial charge in [-0.3, -0.25) is 5.43 Å². The maximum absolute atomic E-state index is 6.07. The molecule has 1 aliphatic heterocycles. The van der Waals surface area contributed by atoms with Gasteiger partial charge in [0.25, 0.3) is 0 Å². The van der Waals surface area contributed by atoms with Crippen LogP contribution in [0.2, 0.25) is 0 Å². The summed E-state index contributed by atoms with van der Waals surface area (Å²) >= 11 is 0. The first-order valence-corrected chi connectivity index (χ1v) is 8.80. The van der Waals surface area contributed by atoms with Crippen LogP contribution in [0.3, 0.4) is 0 Å². The molecule has 2 rings (SSSR count). The van der Waals surface area contributed by atoms with Crippen LogP contribution in [0.15, 0.2) is 0 Å². The van der Waals surface area contributed by atoms with Crippen molar-refractivity contribution in [2.45, 2.75) is 52.5 Å². The highest BCUT2D eigenvalue weighted by Gasteiger charge is 2.33. The average Bonchev–Trinajstić information content (AvgIpc) is 2.46. The van der Waals surface area contributed by atoms with Crippen LogP contribution in [0, 0.1) is 17.3 Å².